The average molecular weight is 409 g/mol. The molecule has 0 bridgehead atoms. The molecule has 2 aromatic rings. The SMILES string of the molecule is Cc1cc(C(C)(C)C)c(O)c(C2(c3cc(C)cc(C(C)(C)C)c3O)CCCCC2)c1. The van der Waals surface area contributed by atoms with Gasteiger partial charge in [0.05, 0.1) is 0 Å². The zero-order valence-corrected chi connectivity index (χ0v) is 20.2. The summed E-state index contributed by atoms with van der Waals surface area (Å²) >= 11 is 0. The normalized spacial score (nSPS) is 17.2. The van der Waals surface area contributed by atoms with Gasteiger partial charge in [-0.25, -0.2) is 0 Å². The third-order valence-corrected chi connectivity index (χ3v) is 6.86. The van der Waals surface area contributed by atoms with Crippen LogP contribution >= 0.6 is 0 Å². The first-order valence-electron chi connectivity index (χ1n) is 11.5. The van der Waals surface area contributed by atoms with E-state index in [-0.39, 0.29) is 16.2 Å². The first-order chi connectivity index (χ1) is 13.8. The summed E-state index contributed by atoms with van der Waals surface area (Å²) < 4.78 is 0. The number of phenols is 2. The van der Waals surface area contributed by atoms with E-state index in [1.54, 1.807) is 0 Å². The van der Waals surface area contributed by atoms with Crippen molar-refractivity contribution in [3.8, 4) is 11.5 Å². The molecule has 2 N–H and O–H groups in total. The number of hydrogen-bond donors (Lipinski definition) is 2. The molecule has 2 aromatic carbocycles. The summed E-state index contributed by atoms with van der Waals surface area (Å²) in [6.07, 6.45) is 5.33. The largest absolute Gasteiger partial charge is 0.507 e. The maximum atomic E-state index is 11.5. The standard InChI is InChI=1S/C28H40O2/c1-18-14-20(26(3,4)5)24(29)22(16-18)28(12-10-9-11-13-28)23-17-19(2)15-21(25(23)30)27(6,7)8/h14-17,29-30H,9-13H2,1-8H3. The highest BCUT2D eigenvalue weighted by Gasteiger charge is 2.42. The Balaban J connectivity index is 2.38. The number of hydrogen-bond acceptors (Lipinski definition) is 2. The Bertz CT molecular complexity index is 861. The van der Waals surface area contributed by atoms with E-state index in [2.05, 4.69) is 79.7 Å². The van der Waals surface area contributed by atoms with Crippen LogP contribution in [0.2, 0.25) is 0 Å². The average Bonchev–Trinajstić information content (AvgIpc) is 2.63. The smallest absolute Gasteiger partial charge is 0.123 e. The lowest BCUT2D eigenvalue weighted by atomic mass is 9.62. The van der Waals surface area contributed by atoms with Crippen LogP contribution in [0.4, 0.5) is 0 Å². The monoisotopic (exact) mass is 408 g/mol. The van der Waals surface area contributed by atoms with Crippen LogP contribution in [0, 0.1) is 13.8 Å². The number of aromatic hydroxyl groups is 2. The fourth-order valence-corrected chi connectivity index (χ4v) is 5.27. The van der Waals surface area contributed by atoms with Gasteiger partial charge in [0.1, 0.15) is 11.5 Å². The molecule has 0 radical (unpaired) electrons. The molecular formula is C28H40O2. The Hall–Kier alpha value is -1.96. The lowest BCUT2D eigenvalue weighted by molar-refractivity contribution is 0.316. The van der Waals surface area contributed by atoms with E-state index in [1.165, 1.54) is 17.5 Å². The molecule has 2 heteroatoms. The summed E-state index contributed by atoms with van der Waals surface area (Å²) in [6.45, 7) is 17.2. The zero-order valence-electron chi connectivity index (χ0n) is 20.2. The van der Waals surface area contributed by atoms with Crippen molar-refractivity contribution in [1.29, 1.82) is 0 Å². The molecule has 30 heavy (non-hydrogen) atoms. The van der Waals surface area contributed by atoms with Crippen LogP contribution in [0.5, 0.6) is 11.5 Å². The van der Waals surface area contributed by atoms with Gasteiger partial charge < -0.3 is 10.2 Å². The predicted molar refractivity (Wildman–Crippen MR) is 127 cm³/mol. The molecule has 1 fully saturated rings. The van der Waals surface area contributed by atoms with Gasteiger partial charge in [0.25, 0.3) is 0 Å². The van der Waals surface area contributed by atoms with E-state index in [9.17, 15) is 10.2 Å². The summed E-state index contributed by atoms with van der Waals surface area (Å²) in [5.41, 5.74) is 5.65. The van der Waals surface area contributed by atoms with Crippen molar-refractivity contribution < 1.29 is 10.2 Å². The molecule has 2 nitrogen and oxygen atoms in total. The third-order valence-electron chi connectivity index (χ3n) is 6.86. The number of rotatable bonds is 2. The number of benzene rings is 2. The van der Waals surface area contributed by atoms with Crippen molar-refractivity contribution in [3.63, 3.8) is 0 Å². The van der Waals surface area contributed by atoms with Gasteiger partial charge in [-0.3, -0.25) is 0 Å². The molecule has 0 saturated heterocycles. The van der Waals surface area contributed by atoms with Crippen LogP contribution in [-0.2, 0) is 16.2 Å². The number of aryl methyl sites for hydroxylation is 2. The quantitative estimate of drug-likeness (QED) is 0.538. The topological polar surface area (TPSA) is 40.5 Å². The highest BCUT2D eigenvalue weighted by molar-refractivity contribution is 5.59. The molecule has 0 aromatic heterocycles. The minimum Gasteiger partial charge on any atom is -0.507 e. The van der Waals surface area contributed by atoms with Gasteiger partial charge >= 0.3 is 0 Å². The molecule has 0 spiro atoms. The Labute approximate surface area is 183 Å². The van der Waals surface area contributed by atoms with E-state index < -0.39 is 0 Å². The molecule has 1 aliphatic carbocycles. The van der Waals surface area contributed by atoms with E-state index in [1.807, 2.05) is 0 Å². The highest BCUT2D eigenvalue weighted by Crippen LogP contribution is 2.53. The van der Waals surface area contributed by atoms with Gasteiger partial charge in [-0.05, 0) is 48.6 Å². The lowest BCUT2D eigenvalue weighted by Gasteiger charge is -2.41. The maximum absolute atomic E-state index is 11.5. The summed E-state index contributed by atoms with van der Waals surface area (Å²) in [7, 11) is 0. The van der Waals surface area contributed by atoms with E-state index in [4.69, 9.17) is 0 Å². The Morgan fingerprint density at radius 2 is 1.00 bits per heavy atom. The molecule has 1 saturated carbocycles. The minimum absolute atomic E-state index is 0.147. The molecule has 0 atom stereocenters. The van der Waals surface area contributed by atoms with Crippen molar-refractivity contribution in [3.05, 3.63) is 57.6 Å². The van der Waals surface area contributed by atoms with Crippen LogP contribution in [0.3, 0.4) is 0 Å². The fraction of sp³-hybridized carbons (Fsp3) is 0.571. The Morgan fingerprint density at radius 3 is 1.33 bits per heavy atom. The first-order valence-corrected chi connectivity index (χ1v) is 11.5. The van der Waals surface area contributed by atoms with Gasteiger partial charge in [0.2, 0.25) is 0 Å². The van der Waals surface area contributed by atoms with Crippen LogP contribution < -0.4 is 0 Å². The third kappa shape index (κ3) is 3.98. The second kappa shape index (κ2) is 7.62. The predicted octanol–water partition coefficient (Wildman–Crippen LogP) is 7.56. The zero-order chi connectivity index (χ0) is 22.5. The van der Waals surface area contributed by atoms with Crippen LogP contribution in [0.15, 0.2) is 24.3 Å². The van der Waals surface area contributed by atoms with Crippen molar-refractivity contribution in [2.24, 2.45) is 0 Å². The molecule has 1 aliphatic rings. The second-order valence-electron chi connectivity index (χ2n) is 11.6. The van der Waals surface area contributed by atoms with Gasteiger partial charge in [-0.1, -0.05) is 96.2 Å². The summed E-state index contributed by atoms with van der Waals surface area (Å²) in [5.74, 6) is 0.821. The van der Waals surface area contributed by atoms with Crippen molar-refractivity contribution in [1.82, 2.24) is 0 Å². The van der Waals surface area contributed by atoms with Gasteiger partial charge in [-0.15, -0.1) is 0 Å². The van der Waals surface area contributed by atoms with Gasteiger partial charge in [-0.2, -0.15) is 0 Å². The highest BCUT2D eigenvalue weighted by atomic mass is 16.3. The Morgan fingerprint density at radius 1 is 0.633 bits per heavy atom. The van der Waals surface area contributed by atoms with Crippen LogP contribution in [0.1, 0.15) is 107 Å². The molecule has 0 amide bonds. The molecule has 164 valence electrons. The van der Waals surface area contributed by atoms with E-state index >= 15 is 0 Å². The van der Waals surface area contributed by atoms with Crippen molar-refractivity contribution in [2.75, 3.05) is 0 Å². The molecule has 0 aliphatic heterocycles. The van der Waals surface area contributed by atoms with Crippen molar-refractivity contribution in [2.45, 2.75) is 104 Å². The molecule has 0 heterocycles. The van der Waals surface area contributed by atoms with Crippen molar-refractivity contribution >= 4 is 0 Å². The summed E-state index contributed by atoms with van der Waals surface area (Å²) in [4.78, 5) is 0. The number of phenolic OH excluding ortho intramolecular Hbond substituents is 2. The Kier molecular flexibility index (Phi) is 5.77. The molecule has 3 rings (SSSR count). The first kappa shape index (κ1) is 22.7. The van der Waals surface area contributed by atoms with E-state index in [0.717, 1.165) is 47.9 Å². The minimum atomic E-state index is -0.357. The second-order valence-corrected chi connectivity index (χ2v) is 11.6. The van der Waals surface area contributed by atoms with Crippen LogP contribution in [0.25, 0.3) is 0 Å². The summed E-state index contributed by atoms with van der Waals surface area (Å²) in [5, 5.41) is 23.1. The molecular weight excluding hydrogens is 368 g/mol. The summed E-state index contributed by atoms with van der Waals surface area (Å²) in [6, 6.07) is 8.56. The maximum Gasteiger partial charge on any atom is 0.123 e. The fourth-order valence-electron chi connectivity index (χ4n) is 5.27. The van der Waals surface area contributed by atoms with Crippen LogP contribution in [-0.4, -0.2) is 10.2 Å². The van der Waals surface area contributed by atoms with Gasteiger partial charge in [0.15, 0.2) is 0 Å². The van der Waals surface area contributed by atoms with E-state index in [0.29, 0.717) is 11.5 Å². The van der Waals surface area contributed by atoms with Gasteiger partial charge in [0, 0.05) is 16.5 Å². The molecule has 0 unspecified atom stereocenters. The lowest BCUT2D eigenvalue weighted by Crippen LogP contribution is -2.32.